The first-order valence-corrected chi connectivity index (χ1v) is 11.0. The summed E-state index contributed by atoms with van der Waals surface area (Å²) in [6.07, 6.45) is 1.82. The third kappa shape index (κ3) is 5.57. The second kappa shape index (κ2) is 10.1. The average Bonchev–Trinajstić information content (AvgIpc) is 3.21. The molecule has 0 fully saturated rings. The van der Waals surface area contributed by atoms with Crippen LogP contribution >= 0.6 is 17.2 Å². The average molecular weight is 422 g/mol. The van der Waals surface area contributed by atoms with Crippen molar-refractivity contribution in [3.8, 4) is 22.4 Å². The fourth-order valence-corrected chi connectivity index (χ4v) is 3.53. The Morgan fingerprint density at radius 2 is 1.59 bits per heavy atom. The maximum absolute atomic E-state index is 12.1. The number of Topliss-reactive ketones (excluding diaryl/α,β-unsaturated/α-hetero) is 1. The van der Waals surface area contributed by atoms with Gasteiger partial charge in [0.1, 0.15) is 5.57 Å². The van der Waals surface area contributed by atoms with Crippen molar-refractivity contribution in [2.24, 2.45) is 0 Å². The molecule has 2 unspecified atom stereocenters. The molecule has 1 heterocycles. The molecule has 29 heavy (non-hydrogen) atoms. The van der Waals surface area contributed by atoms with E-state index in [0.717, 1.165) is 27.9 Å². The molecule has 2 atom stereocenters. The van der Waals surface area contributed by atoms with Crippen LogP contribution in [-0.2, 0) is 4.74 Å². The van der Waals surface area contributed by atoms with Crippen molar-refractivity contribution in [1.82, 2.24) is 9.97 Å². The number of ketones is 1. The SMILES string of the molecule is C=CPC(=O)OCC(=O)c1ccc(-c2ccc(-c3cnc(PC=C)[nH]3)cc2)cc1. The van der Waals surface area contributed by atoms with E-state index in [9.17, 15) is 9.59 Å². The summed E-state index contributed by atoms with van der Waals surface area (Å²) in [4.78, 5) is 31.1. The van der Waals surface area contributed by atoms with E-state index in [1.54, 1.807) is 12.1 Å². The topological polar surface area (TPSA) is 72.1 Å². The molecular weight excluding hydrogens is 402 g/mol. The van der Waals surface area contributed by atoms with Crippen molar-refractivity contribution in [3.63, 3.8) is 0 Å². The Hall–Kier alpha value is -2.87. The van der Waals surface area contributed by atoms with Crippen LogP contribution in [0.25, 0.3) is 22.4 Å². The molecule has 1 aromatic heterocycles. The van der Waals surface area contributed by atoms with Crippen LogP contribution in [-0.4, -0.2) is 28.1 Å². The monoisotopic (exact) mass is 422 g/mol. The van der Waals surface area contributed by atoms with Gasteiger partial charge >= 0.3 is 5.71 Å². The van der Waals surface area contributed by atoms with Crippen LogP contribution in [0, 0.1) is 0 Å². The quantitative estimate of drug-likeness (QED) is 0.374. The van der Waals surface area contributed by atoms with Crippen LogP contribution < -0.4 is 5.57 Å². The van der Waals surface area contributed by atoms with Gasteiger partial charge < -0.3 is 9.72 Å². The van der Waals surface area contributed by atoms with Crippen LogP contribution in [0.2, 0.25) is 0 Å². The van der Waals surface area contributed by atoms with Crippen LogP contribution in [0.15, 0.2) is 79.5 Å². The van der Waals surface area contributed by atoms with Gasteiger partial charge in [0, 0.05) is 14.1 Å². The summed E-state index contributed by atoms with van der Waals surface area (Å²) in [6.45, 7) is 6.95. The highest BCUT2D eigenvalue weighted by Crippen LogP contribution is 2.24. The molecule has 3 rings (SSSR count). The van der Waals surface area contributed by atoms with Crippen molar-refractivity contribution in [2.45, 2.75) is 0 Å². The Labute approximate surface area is 172 Å². The number of nitrogens with one attached hydrogen (secondary N) is 1. The molecule has 0 aliphatic carbocycles. The molecule has 0 saturated heterocycles. The van der Waals surface area contributed by atoms with Crippen LogP contribution in [0.4, 0.5) is 4.79 Å². The number of imidazole rings is 1. The lowest BCUT2D eigenvalue weighted by Gasteiger charge is -2.06. The summed E-state index contributed by atoms with van der Waals surface area (Å²) in [5.74, 6) is 3.08. The predicted octanol–water partition coefficient (Wildman–Crippen LogP) is 5.33. The van der Waals surface area contributed by atoms with Crippen LogP contribution in [0.3, 0.4) is 0 Å². The molecular formula is C22H20N2O3P2. The highest BCUT2D eigenvalue weighted by molar-refractivity contribution is 7.60. The summed E-state index contributed by atoms with van der Waals surface area (Å²) < 4.78 is 4.93. The smallest absolute Gasteiger partial charge is 0.327 e. The minimum atomic E-state index is -0.431. The Bertz CT molecular complexity index is 1020. The molecule has 0 spiro atoms. The van der Waals surface area contributed by atoms with Gasteiger partial charge in [0.25, 0.3) is 0 Å². The van der Waals surface area contributed by atoms with Gasteiger partial charge in [0.15, 0.2) is 12.4 Å². The number of aromatic amines is 1. The van der Waals surface area contributed by atoms with E-state index in [0.29, 0.717) is 14.1 Å². The van der Waals surface area contributed by atoms with Gasteiger partial charge in [-0.25, -0.2) is 9.78 Å². The molecule has 5 nitrogen and oxygen atoms in total. The standard InChI is InChI=1S/C22H20N2O3P2/c1-3-28-21-23-13-19(24-21)17-9-5-15(6-10-17)16-7-11-18(12-8-16)20(25)14-27-22(26)29-4-2/h3-13,28-29H,1-2,14H2,(H,23,24). The molecule has 0 amide bonds. The second-order valence-corrected chi connectivity index (χ2v) is 8.27. The van der Waals surface area contributed by atoms with E-state index >= 15 is 0 Å². The molecule has 0 aliphatic rings. The van der Waals surface area contributed by atoms with E-state index in [1.807, 2.05) is 48.4 Å². The Kier molecular flexibility index (Phi) is 7.24. The van der Waals surface area contributed by atoms with E-state index in [1.165, 1.54) is 5.82 Å². The number of rotatable bonds is 9. The first-order chi connectivity index (χ1) is 14.1. The minimum Gasteiger partial charge on any atom is -0.454 e. The number of carbonyl (C=O) groups excluding carboxylic acids is 2. The number of carbonyl (C=O) groups is 2. The normalized spacial score (nSPS) is 11.2. The second-order valence-electron chi connectivity index (χ2n) is 6.00. The molecule has 0 bridgehead atoms. The van der Waals surface area contributed by atoms with Crippen molar-refractivity contribution in [3.05, 3.63) is 85.1 Å². The highest BCUT2D eigenvalue weighted by atomic mass is 31.1. The zero-order valence-corrected chi connectivity index (χ0v) is 17.6. The maximum atomic E-state index is 12.1. The van der Waals surface area contributed by atoms with Crippen molar-refractivity contribution in [1.29, 1.82) is 0 Å². The number of aromatic nitrogens is 2. The molecule has 0 radical (unpaired) electrons. The fraction of sp³-hybridized carbons (Fsp3) is 0.0455. The van der Waals surface area contributed by atoms with E-state index in [2.05, 4.69) is 23.1 Å². The molecule has 2 aromatic carbocycles. The van der Waals surface area contributed by atoms with Crippen molar-refractivity contribution in [2.75, 3.05) is 6.61 Å². The number of hydrogen-bond donors (Lipinski definition) is 1. The summed E-state index contributed by atoms with van der Waals surface area (Å²) in [7, 11) is 0.315. The molecule has 0 aliphatic heterocycles. The summed E-state index contributed by atoms with van der Waals surface area (Å²) in [5.41, 5.74) is 5.04. The van der Waals surface area contributed by atoms with Crippen LogP contribution in [0.5, 0.6) is 0 Å². The zero-order valence-electron chi connectivity index (χ0n) is 15.6. The van der Waals surface area contributed by atoms with Gasteiger partial charge in [0.05, 0.1) is 11.9 Å². The number of benzene rings is 2. The van der Waals surface area contributed by atoms with E-state index < -0.39 is 5.71 Å². The molecule has 146 valence electrons. The molecule has 0 saturated carbocycles. The summed E-state index contributed by atoms with van der Waals surface area (Å²) in [6, 6.07) is 15.4. The van der Waals surface area contributed by atoms with Crippen molar-refractivity contribution >= 4 is 34.2 Å². The van der Waals surface area contributed by atoms with Gasteiger partial charge in [-0.15, -0.1) is 0 Å². The zero-order chi connectivity index (χ0) is 20.6. The Balaban J connectivity index is 1.66. The summed E-state index contributed by atoms with van der Waals surface area (Å²) >= 11 is 0. The van der Waals surface area contributed by atoms with Gasteiger partial charge in [-0.05, 0) is 25.3 Å². The first-order valence-electron chi connectivity index (χ1n) is 8.81. The molecule has 3 aromatic rings. The van der Waals surface area contributed by atoms with Gasteiger partial charge in [-0.3, -0.25) is 4.79 Å². The minimum absolute atomic E-state index is 0.145. The lowest BCUT2D eigenvalue weighted by molar-refractivity contribution is 0.0877. The van der Waals surface area contributed by atoms with Gasteiger partial charge in [0.2, 0.25) is 0 Å². The highest BCUT2D eigenvalue weighted by Gasteiger charge is 2.10. The molecule has 7 heteroatoms. The maximum Gasteiger partial charge on any atom is 0.327 e. The number of H-pyrrole nitrogens is 1. The van der Waals surface area contributed by atoms with E-state index in [-0.39, 0.29) is 21.0 Å². The lowest BCUT2D eigenvalue weighted by atomic mass is 10.0. The van der Waals surface area contributed by atoms with Crippen LogP contribution in [0.1, 0.15) is 10.4 Å². The Morgan fingerprint density at radius 1 is 0.966 bits per heavy atom. The third-order valence-corrected chi connectivity index (χ3v) is 5.42. The lowest BCUT2D eigenvalue weighted by Crippen LogP contribution is -2.10. The fourth-order valence-electron chi connectivity index (χ4n) is 2.67. The number of hydrogen-bond acceptors (Lipinski definition) is 4. The molecule has 1 N–H and O–H groups in total. The van der Waals surface area contributed by atoms with Crippen molar-refractivity contribution < 1.29 is 14.3 Å². The Morgan fingerprint density at radius 3 is 2.21 bits per heavy atom. The first kappa shape index (κ1) is 20.9. The van der Waals surface area contributed by atoms with Gasteiger partial charge in [-0.2, -0.15) is 0 Å². The van der Waals surface area contributed by atoms with E-state index in [4.69, 9.17) is 4.74 Å². The largest absolute Gasteiger partial charge is 0.454 e. The summed E-state index contributed by atoms with van der Waals surface area (Å²) in [5, 5.41) is 0. The number of ether oxygens (including phenoxy) is 1. The third-order valence-electron chi connectivity index (χ3n) is 4.10. The number of nitrogens with zero attached hydrogens (tertiary/aromatic N) is 1. The predicted molar refractivity (Wildman–Crippen MR) is 122 cm³/mol. The van der Waals surface area contributed by atoms with Gasteiger partial charge in [-0.1, -0.05) is 73.3 Å².